The van der Waals surface area contributed by atoms with Gasteiger partial charge >= 0.3 is 0 Å². The summed E-state index contributed by atoms with van der Waals surface area (Å²) in [5.41, 5.74) is 14.1. The molecule has 50 heavy (non-hydrogen) atoms. The highest BCUT2D eigenvalue weighted by Gasteiger charge is 2.39. The maximum Gasteiger partial charge on any atom is 0.269 e. The van der Waals surface area contributed by atoms with Crippen molar-refractivity contribution in [3.63, 3.8) is 0 Å². The third-order valence-electron chi connectivity index (χ3n) is 10.1. The first kappa shape index (κ1) is 36.0. The van der Waals surface area contributed by atoms with Crippen molar-refractivity contribution in [3.8, 4) is 0 Å². The van der Waals surface area contributed by atoms with Crippen LogP contribution in [0.1, 0.15) is 68.1 Å². The van der Waals surface area contributed by atoms with E-state index >= 15 is 0 Å². The van der Waals surface area contributed by atoms with Crippen LogP contribution in [0.25, 0.3) is 10.4 Å². The van der Waals surface area contributed by atoms with E-state index in [0.717, 1.165) is 56.6 Å². The molecule has 1 fully saturated rings. The Morgan fingerprint density at radius 1 is 1.00 bits per heavy atom. The summed E-state index contributed by atoms with van der Waals surface area (Å²) in [6.07, 6.45) is 6.00. The average Bonchev–Trinajstić information content (AvgIpc) is 3.15. The predicted octanol–water partition coefficient (Wildman–Crippen LogP) is 6.89. The van der Waals surface area contributed by atoms with Gasteiger partial charge in [0, 0.05) is 41.3 Å². The smallest absolute Gasteiger partial charge is 0.269 e. The number of rotatable bonds is 17. The second-order valence-corrected chi connectivity index (χ2v) is 12.9. The number of aliphatic imine (C=N–C) groups is 1. The van der Waals surface area contributed by atoms with E-state index in [2.05, 4.69) is 80.9 Å². The molecule has 12 heteroatoms. The quantitative estimate of drug-likeness (QED) is 0.0313. The van der Waals surface area contributed by atoms with Crippen LogP contribution in [-0.2, 0) is 15.0 Å². The van der Waals surface area contributed by atoms with Crippen LogP contribution in [0.2, 0.25) is 0 Å². The Balaban J connectivity index is 1.37. The number of hydrogen-bond donors (Lipinski definition) is 1. The zero-order valence-electron chi connectivity index (χ0n) is 28.4. The Hall–Kier alpha value is -5.32. The van der Waals surface area contributed by atoms with E-state index in [1.807, 2.05) is 6.92 Å². The number of unbranched alkanes of at least 4 members (excludes halogenated alkanes) is 1. The van der Waals surface area contributed by atoms with E-state index in [-0.39, 0.29) is 11.1 Å². The van der Waals surface area contributed by atoms with E-state index in [1.165, 1.54) is 23.3 Å². The largest absolute Gasteiger partial charge is 0.350 e. The van der Waals surface area contributed by atoms with Crippen LogP contribution in [-0.4, -0.2) is 72.0 Å². The van der Waals surface area contributed by atoms with E-state index in [9.17, 15) is 19.7 Å². The van der Waals surface area contributed by atoms with Crippen LogP contribution in [0.15, 0.2) is 106 Å². The molecule has 0 aromatic heterocycles. The van der Waals surface area contributed by atoms with Crippen LogP contribution in [0.5, 0.6) is 0 Å². The average molecular weight is 677 g/mol. The van der Waals surface area contributed by atoms with Crippen molar-refractivity contribution < 1.29 is 14.5 Å². The standard InChI is InChI=1S/C38H44N8O4/c1-29-36(40-27-47)35(30-16-18-33(19-17-30)46(49)50)37(34(42-29)15-8-9-22-41-43-39)45(28-48)24-10-23-44-25-20-38(21-26-44,31-11-4-2-5-12-31)32-13-6-3-7-14-32/h2-7,11-14,16-19,27-28,35-36H,8-10,15,20-26H2,1H3,(H,40,47). The molecule has 0 radical (unpaired) electrons. The van der Waals surface area contributed by atoms with Gasteiger partial charge in [-0.05, 0) is 87.3 Å². The van der Waals surface area contributed by atoms with E-state index in [1.54, 1.807) is 17.0 Å². The Morgan fingerprint density at radius 2 is 1.64 bits per heavy atom. The number of piperidine rings is 1. The number of carbonyl (C=O) groups is 2. The third kappa shape index (κ3) is 8.27. The molecular weight excluding hydrogens is 632 g/mol. The molecule has 3 aromatic rings. The number of nitro groups is 1. The summed E-state index contributed by atoms with van der Waals surface area (Å²) < 4.78 is 0. The van der Waals surface area contributed by atoms with Crippen molar-refractivity contribution in [1.29, 1.82) is 0 Å². The van der Waals surface area contributed by atoms with Crippen LogP contribution in [0.4, 0.5) is 5.69 Å². The highest BCUT2D eigenvalue weighted by atomic mass is 16.6. The molecule has 0 aliphatic carbocycles. The number of hydrogen-bond acceptors (Lipinski definition) is 7. The number of nitro benzene ring substituents is 1. The van der Waals surface area contributed by atoms with Crippen molar-refractivity contribution in [1.82, 2.24) is 15.1 Å². The summed E-state index contributed by atoms with van der Waals surface area (Å²) in [6.45, 7) is 5.27. The van der Waals surface area contributed by atoms with Crippen molar-refractivity contribution >= 4 is 24.2 Å². The zero-order chi connectivity index (χ0) is 35.3. The number of non-ortho nitro benzene ring substituents is 1. The molecule has 12 nitrogen and oxygen atoms in total. The van der Waals surface area contributed by atoms with Gasteiger partial charge in [-0.1, -0.05) is 77.9 Å². The Morgan fingerprint density at radius 3 is 2.20 bits per heavy atom. The number of nitrogens with one attached hydrogen (secondary N) is 1. The lowest BCUT2D eigenvalue weighted by Crippen LogP contribution is -2.46. The topological polar surface area (TPSA) is 157 Å². The number of likely N-dealkylation sites (tertiary alicyclic amines) is 1. The minimum Gasteiger partial charge on any atom is -0.350 e. The second kappa shape index (κ2) is 17.4. The first-order chi connectivity index (χ1) is 24.4. The number of allylic oxidation sites excluding steroid dienone is 1. The molecule has 0 bridgehead atoms. The molecular formula is C38H44N8O4. The second-order valence-electron chi connectivity index (χ2n) is 12.9. The summed E-state index contributed by atoms with van der Waals surface area (Å²) >= 11 is 0. The molecule has 2 amide bonds. The predicted molar refractivity (Wildman–Crippen MR) is 194 cm³/mol. The van der Waals surface area contributed by atoms with Crippen molar-refractivity contribution in [2.45, 2.75) is 62.8 Å². The summed E-state index contributed by atoms with van der Waals surface area (Å²) in [5.74, 6) is -0.497. The molecule has 1 saturated heterocycles. The van der Waals surface area contributed by atoms with Crippen LogP contribution >= 0.6 is 0 Å². The Labute approximate surface area is 292 Å². The highest BCUT2D eigenvalue weighted by molar-refractivity contribution is 5.92. The minimum atomic E-state index is -0.551. The van der Waals surface area contributed by atoms with Crippen molar-refractivity contribution in [3.05, 3.63) is 134 Å². The maximum absolute atomic E-state index is 12.9. The van der Waals surface area contributed by atoms with Gasteiger partial charge in [-0.25, -0.2) is 0 Å². The summed E-state index contributed by atoms with van der Waals surface area (Å²) in [4.78, 5) is 47.6. The summed E-state index contributed by atoms with van der Waals surface area (Å²) in [6, 6.07) is 27.2. The molecule has 1 N–H and O–H groups in total. The van der Waals surface area contributed by atoms with Crippen LogP contribution in [0, 0.1) is 10.1 Å². The molecule has 260 valence electrons. The lowest BCUT2D eigenvalue weighted by Gasteiger charge is -2.43. The van der Waals surface area contributed by atoms with Crippen molar-refractivity contribution in [2.75, 3.05) is 32.7 Å². The van der Waals surface area contributed by atoms with Crippen molar-refractivity contribution in [2.24, 2.45) is 10.1 Å². The van der Waals surface area contributed by atoms with Crippen LogP contribution in [0.3, 0.4) is 0 Å². The third-order valence-corrected chi connectivity index (χ3v) is 10.1. The maximum atomic E-state index is 12.9. The molecule has 5 rings (SSSR count). The lowest BCUT2D eigenvalue weighted by atomic mass is 9.68. The molecule has 2 heterocycles. The number of benzene rings is 3. The number of azide groups is 1. The monoisotopic (exact) mass is 676 g/mol. The molecule has 2 atom stereocenters. The number of carbonyl (C=O) groups excluding carboxylic acids is 2. The summed E-state index contributed by atoms with van der Waals surface area (Å²) in [5, 5.41) is 18.0. The van der Waals surface area contributed by atoms with Gasteiger partial charge in [0.05, 0.1) is 28.3 Å². The molecule has 2 aliphatic heterocycles. The van der Waals surface area contributed by atoms with E-state index in [4.69, 9.17) is 10.5 Å². The molecule has 2 aliphatic rings. The fraction of sp³-hybridized carbons (Fsp3) is 0.395. The van der Waals surface area contributed by atoms with Crippen LogP contribution < -0.4 is 5.32 Å². The molecule has 0 spiro atoms. The van der Waals surface area contributed by atoms with E-state index in [0.29, 0.717) is 50.2 Å². The van der Waals surface area contributed by atoms with Gasteiger partial charge in [0.15, 0.2) is 0 Å². The molecule has 3 aromatic carbocycles. The normalized spacial score (nSPS) is 18.8. The molecule has 2 unspecified atom stereocenters. The van der Waals surface area contributed by atoms with Gasteiger partial charge in [0.1, 0.15) is 0 Å². The minimum absolute atomic E-state index is 0.0454. The van der Waals surface area contributed by atoms with Gasteiger partial charge in [0.2, 0.25) is 12.8 Å². The number of nitrogens with zero attached hydrogens (tertiary/aromatic N) is 7. The van der Waals surface area contributed by atoms with Gasteiger partial charge in [-0.15, -0.1) is 0 Å². The zero-order valence-corrected chi connectivity index (χ0v) is 28.4. The van der Waals surface area contributed by atoms with Gasteiger partial charge < -0.3 is 15.1 Å². The van der Waals surface area contributed by atoms with Gasteiger partial charge in [0.25, 0.3) is 5.69 Å². The highest BCUT2D eigenvalue weighted by Crippen LogP contribution is 2.42. The Kier molecular flexibility index (Phi) is 12.5. The van der Waals surface area contributed by atoms with E-state index < -0.39 is 16.9 Å². The first-order valence-corrected chi connectivity index (χ1v) is 17.2. The fourth-order valence-corrected chi connectivity index (χ4v) is 7.52. The lowest BCUT2D eigenvalue weighted by molar-refractivity contribution is -0.384. The van der Waals surface area contributed by atoms with Gasteiger partial charge in [-0.3, -0.25) is 24.7 Å². The SMILES string of the molecule is CC1=NC(CCCCN=[N+]=[N-])=C(N(C=O)CCCN2CCC(c3ccccc3)(c3ccccc3)CC2)C(c2ccc([N+](=O)[O-])cc2)C1NC=O. The molecule has 0 saturated carbocycles. The van der Waals surface area contributed by atoms with Gasteiger partial charge in [-0.2, -0.15) is 0 Å². The summed E-state index contributed by atoms with van der Waals surface area (Å²) in [7, 11) is 0. The number of amides is 2. The fourth-order valence-electron chi connectivity index (χ4n) is 7.52. The first-order valence-electron chi connectivity index (χ1n) is 17.2. The Bertz CT molecular complexity index is 1670.